The lowest BCUT2D eigenvalue weighted by atomic mass is 10.0. The smallest absolute Gasteiger partial charge is 0.272 e. The number of nitrogens with one attached hydrogen (secondary N) is 3. The lowest BCUT2D eigenvalue weighted by molar-refractivity contribution is -0.122. The summed E-state index contributed by atoms with van der Waals surface area (Å²) in [7, 11) is 0. The van der Waals surface area contributed by atoms with Crippen LogP contribution < -0.4 is 16.2 Å². The summed E-state index contributed by atoms with van der Waals surface area (Å²) in [6.45, 7) is 0. The van der Waals surface area contributed by atoms with Crippen LogP contribution in [0, 0.1) is 5.82 Å². The summed E-state index contributed by atoms with van der Waals surface area (Å²) in [5.74, 6) is -2.33. The molecule has 0 radical (unpaired) electrons. The van der Waals surface area contributed by atoms with E-state index in [0.717, 1.165) is 11.6 Å². The van der Waals surface area contributed by atoms with Crippen LogP contribution in [0.2, 0.25) is 0 Å². The van der Waals surface area contributed by atoms with Crippen LogP contribution in [0.1, 0.15) is 38.7 Å². The minimum atomic E-state index is -0.772. The van der Waals surface area contributed by atoms with Gasteiger partial charge in [-0.05, 0) is 29.8 Å². The number of halogens is 1. The van der Waals surface area contributed by atoms with Gasteiger partial charge in [-0.25, -0.2) is 4.39 Å². The molecule has 0 spiro atoms. The number of carbonyl (C=O) groups excluding carboxylic acids is 3. The number of hydrogen-bond donors (Lipinski definition) is 3. The molecule has 3 N–H and O–H groups in total. The molecule has 0 bridgehead atoms. The van der Waals surface area contributed by atoms with Gasteiger partial charge in [-0.1, -0.05) is 60.7 Å². The van der Waals surface area contributed by atoms with Gasteiger partial charge in [0.15, 0.2) is 0 Å². The predicted octanol–water partition coefficient (Wildman–Crippen LogP) is 3.15. The second-order valence-corrected chi connectivity index (χ2v) is 6.49. The predicted molar refractivity (Wildman–Crippen MR) is 110 cm³/mol. The Labute approximate surface area is 173 Å². The van der Waals surface area contributed by atoms with Gasteiger partial charge >= 0.3 is 0 Å². The van der Waals surface area contributed by atoms with Crippen molar-refractivity contribution in [3.05, 3.63) is 107 Å². The summed E-state index contributed by atoms with van der Waals surface area (Å²) in [5, 5.41) is 2.84. The first-order valence-corrected chi connectivity index (χ1v) is 9.29. The minimum absolute atomic E-state index is 0.125. The van der Waals surface area contributed by atoms with E-state index < -0.39 is 23.7 Å². The quantitative estimate of drug-likeness (QED) is 0.551. The maximum Gasteiger partial charge on any atom is 0.272 e. The highest BCUT2D eigenvalue weighted by atomic mass is 19.1. The van der Waals surface area contributed by atoms with Crippen LogP contribution in [-0.2, 0) is 4.79 Å². The zero-order valence-electron chi connectivity index (χ0n) is 16.0. The fourth-order valence-corrected chi connectivity index (χ4v) is 2.84. The summed E-state index contributed by atoms with van der Waals surface area (Å²) in [4.78, 5) is 37.0. The van der Waals surface area contributed by atoms with E-state index in [9.17, 15) is 18.8 Å². The highest BCUT2D eigenvalue weighted by molar-refractivity contribution is 5.96. The maximum absolute atomic E-state index is 13.7. The van der Waals surface area contributed by atoms with E-state index >= 15 is 0 Å². The van der Waals surface area contributed by atoms with Gasteiger partial charge in [0.1, 0.15) is 5.82 Å². The van der Waals surface area contributed by atoms with Crippen LogP contribution in [0.5, 0.6) is 0 Å². The number of hydrogen-bond acceptors (Lipinski definition) is 3. The van der Waals surface area contributed by atoms with Gasteiger partial charge in [0.2, 0.25) is 5.91 Å². The topological polar surface area (TPSA) is 87.3 Å². The monoisotopic (exact) mass is 405 g/mol. The van der Waals surface area contributed by atoms with E-state index in [0.29, 0.717) is 5.56 Å². The molecule has 6 nitrogen and oxygen atoms in total. The number of rotatable bonds is 6. The first-order valence-electron chi connectivity index (χ1n) is 9.29. The Kier molecular flexibility index (Phi) is 6.89. The Morgan fingerprint density at radius 1 is 0.733 bits per heavy atom. The Morgan fingerprint density at radius 2 is 1.33 bits per heavy atom. The highest BCUT2D eigenvalue weighted by Gasteiger charge is 2.20. The first-order chi connectivity index (χ1) is 14.5. The molecule has 0 heterocycles. The van der Waals surface area contributed by atoms with Crippen molar-refractivity contribution in [2.45, 2.75) is 12.5 Å². The standard InChI is InChI=1S/C23H20FN3O3/c24-19-14-8-7-13-18(19)23(30)27-26-21(28)15-20(16-9-3-1-4-10-16)25-22(29)17-11-5-2-6-12-17/h1-14,20H,15H2,(H,25,29)(H,26,28)(H,27,30). The summed E-state index contributed by atoms with van der Waals surface area (Å²) in [6.07, 6.45) is -0.125. The highest BCUT2D eigenvalue weighted by Crippen LogP contribution is 2.17. The van der Waals surface area contributed by atoms with Crippen molar-refractivity contribution in [3.8, 4) is 0 Å². The Hall–Kier alpha value is -4.00. The molecule has 30 heavy (non-hydrogen) atoms. The molecular weight excluding hydrogens is 385 g/mol. The van der Waals surface area contributed by atoms with Gasteiger partial charge in [-0.15, -0.1) is 0 Å². The van der Waals surface area contributed by atoms with Crippen molar-refractivity contribution in [1.82, 2.24) is 16.2 Å². The number of carbonyl (C=O) groups is 3. The molecule has 0 aliphatic rings. The van der Waals surface area contributed by atoms with Crippen LogP contribution >= 0.6 is 0 Å². The van der Waals surface area contributed by atoms with Crippen molar-refractivity contribution >= 4 is 17.7 Å². The lowest BCUT2D eigenvalue weighted by Gasteiger charge is -2.19. The van der Waals surface area contributed by atoms with Crippen molar-refractivity contribution in [2.24, 2.45) is 0 Å². The molecule has 152 valence electrons. The molecule has 3 rings (SSSR count). The fourth-order valence-electron chi connectivity index (χ4n) is 2.84. The average molecular weight is 405 g/mol. The summed E-state index contributed by atoms with van der Waals surface area (Å²) >= 11 is 0. The van der Waals surface area contributed by atoms with Gasteiger partial charge in [-0.2, -0.15) is 0 Å². The van der Waals surface area contributed by atoms with E-state index in [2.05, 4.69) is 16.2 Å². The van der Waals surface area contributed by atoms with Gasteiger partial charge in [0, 0.05) is 5.56 Å². The summed E-state index contributed by atoms with van der Waals surface area (Å²) in [5.41, 5.74) is 5.47. The number of hydrazine groups is 1. The number of amides is 3. The summed E-state index contributed by atoms with van der Waals surface area (Å²) < 4.78 is 13.7. The number of benzene rings is 3. The summed E-state index contributed by atoms with van der Waals surface area (Å²) in [6, 6.07) is 22.5. The van der Waals surface area contributed by atoms with Gasteiger partial charge in [0.05, 0.1) is 18.0 Å². The normalized spacial score (nSPS) is 11.2. The van der Waals surface area contributed by atoms with Crippen molar-refractivity contribution in [2.75, 3.05) is 0 Å². The average Bonchev–Trinajstić information content (AvgIpc) is 2.78. The van der Waals surface area contributed by atoms with Crippen LogP contribution in [0.15, 0.2) is 84.9 Å². The van der Waals surface area contributed by atoms with E-state index in [1.54, 1.807) is 54.6 Å². The largest absolute Gasteiger partial charge is 0.345 e. The Balaban J connectivity index is 1.65. The third kappa shape index (κ3) is 5.51. The molecule has 0 saturated carbocycles. The molecule has 0 aromatic heterocycles. The molecule has 1 atom stereocenters. The molecule has 0 fully saturated rings. The van der Waals surface area contributed by atoms with Crippen LogP contribution in [0.25, 0.3) is 0 Å². The van der Waals surface area contributed by atoms with E-state index in [1.807, 2.05) is 6.07 Å². The maximum atomic E-state index is 13.7. The van der Waals surface area contributed by atoms with E-state index in [4.69, 9.17) is 0 Å². The lowest BCUT2D eigenvalue weighted by Crippen LogP contribution is -2.43. The molecule has 0 aliphatic heterocycles. The van der Waals surface area contributed by atoms with Crippen LogP contribution in [0.3, 0.4) is 0 Å². The third-order valence-corrected chi connectivity index (χ3v) is 4.37. The molecule has 1 unspecified atom stereocenters. The fraction of sp³-hybridized carbons (Fsp3) is 0.0870. The Bertz CT molecular complexity index is 1030. The molecule has 0 aliphatic carbocycles. The molecule has 7 heteroatoms. The van der Waals surface area contributed by atoms with E-state index in [1.165, 1.54) is 18.2 Å². The van der Waals surface area contributed by atoms with Gasteiger partial charge in [0.25, 0.3) is 11.8 Å². The first kappa shape index (κ1) is 20.7. The molecule has 3 aromatic rings. The SMILES string of the molecule is O=C(CC(NC(=O)c1ccccc1)c1ccccc1)NNC(=O)c1ccccc1F. The zero-order valence-corrected chi connectivity index (χ0v) is 16.0. The van der Waals surface area contributed by atoms with Crippen LogP contribution in [-0.4, -0.2) is 17.7 Å². The Morgan fingerprint density at radius 3 is 2.00 bits per heavy atom. The van der Waals surface area contributed by atoms with Crippen LogP contribution in [0.4, 0.5) is 4.39 Å². The second-order valence-electron chi connectivity index (χ2n) is 6.49. The van der Waals surface area contributed by atoms with Crippen molar-refractivity contribution in [3.63, 3.8) is 0 Å². The van der Waals surface area contributed by atoms with Gasteiger partial charge in [-0.3, -0.25) is 25.2 Å². The molecule has 3 amide bonds. The van der Waals surface area contributed by atoms with Gasteiger partial charge < -0.3 is 5.32 Å². The third-order valence-electron chi connectivity index (χ3n) is 4.37. The van der Waals surface area contributed by atoms with Crippen molar-refractivity contribution in [1.29, 1.82) is 0 Å². The molecule has 3 aromatic carbocycles. The van der Waals surface area contributed by atoms with E-state index in [-0.39, 0.29) is 17.9 Å². The molecule has 0 saturated heterocycles. The second kappa shape index (κ2) is 9.97. The zero-order chi connectivity index (χ0) is 21.3. The minimum Gasteiger partial charge on any atom is -0.345 e. The molecular formula is C23H20FN3O3. The van der Waals surface area contributed by atoms with Crippen molar-refractivity contribution < 1.29 is 18.8 Å².